The molecule has 1 aromatic rings. The van der Waals surface area contributed by atoms with Gasteiger partial charge in [0.2, 0.25) is 5.91 Å². The number of amides is 2. The Morgan fingerprint density at radius 3 is 2.72 bits per heavy atom. The standard InChI is InChI=1S/C17H19N5O9S/c1-8(23)31-6-9-7-32-16-12(15(25)21(16)13(9)17(26)27)18-11(24)3-4-20-5-10(22(28)29)14(19-20)30-2/h5,12,16H,3-4,6-7H2,1-2H3,(H,18,24)(H,26,27)/t12-,16-/m1/s1. The van der Waals surface area contributed by atoms with E-state index in [1.807, 2.05) is 0 Å². The summed E-state index contributed by atoms with van der Waals surface area (Å²) in [4.78, 5) is 58.9. The number of rotatable bonds is 9. The number of esters is 1. The Bertz CT molecular complexity index is 1020. The number of nitro groups is 1. The van der Waals surface area contributed by atoms with E-state index in [1.54, 1.807) is 0 Å². The fraction of sp³-hybridized carbons (Fsp3) is 0.471. The van der Waals surface area contributed by atoms with E-state index in [9.17, 15) is 34.4 Å². The van der Waals surface area contributed by atoms with Gasteiger partial charge in [-0.05, 0) is 0 Å². The fourth-order valence-corrected chi connectivity index (χ4v) is 4.55. The summed E-state index contributed by atoms with van der Waals surface area (Å²) in [5.74, 6) is -2.97. The number of nitrogens with zero attached hydrogens (tertiary/aromatic N) is 4. The molecule has 0 unspecified atom stereocenters. The molecule has 14 nitrogen and oxygen atoms in total. The molecule has 0 aliphatic carbocycles. The van der Waals surface area contributed by atoms with Crippen LogP contribution in [0.25, 0.3) is 0 Å². The van der Waals surface area contributed by atoms with Gasteiger partial charge in [0, 0.05) is 24.7 Å². The Kier molecular flexibility index (Phi) is 6.67. The molecule has 2 amide bonds. The number of ether oxygens (including phenoxy) is 2. The smallest absolute Gasteiger partial charge is 0.352 e. The van der Waals surface area contributed by atoms with Gasteiger partial charge < -0.3 is 19.9 Å². The second-order valence-electron chi connectivity index (χ2n) is 6.79. The number of nitrogens with one attached hydrogen (secondary N) is 1. The van der Waals surface area contributed by atoms with Crippen LogP contribution in [0.2, 0.25) is 0 Å². The van der Waals surface area contributed by atoms with Crippen LogP contribution in [-0.4, -0.2) is 79.3 Å². The molecule has 0 saturated carbocycles. The number of thioether (sulfide) groups is 1. The van der Waals surface area contributed by atoms with Crippen molar-refractivity contribution >= 4 is 41.2 Å². The van der Waals surface area contributed by atoms with Crippen LogP contribution in [0.15, 0.2) is 17.5 Å². The molecule has 1 aromatic heterocycles. The van der Waals surface area contributed by atoms with Crippen LogP contribution in [0.5, 0.6) is 5.88 Å². The summed E-state index contributed by atoms with van der Waals surface area (Å²) < 4.78 is 10.9. The summed E-state index contributed by atoms with van der Waals surface area (Å²) in [5, 5.41) is 26.3. The summed E-state index contributed by atoms with van der Waals surface area (Å²) in [7, 11) is 1.24. The highest BCUT2D eigenvalue weighted by molar-refractivity contribution is 8.00. The largest absolute Gasteiger partial charge is 0.477 e. The first-order valence-electron chi connectivity index (χ1n) is 9.22. The fourth-order valence-electron chi connectivity index (χ4n) is 3.22. The maximum absolute atomic E-state index is 12.5. The lowest BCUT2D eigenvalue weighted by molar-refractivity contribution is -0.385. The Balaban J connectivity index is 1.61. The number of aliphatic carboxylic acids is 1. The number of aryl methyl sites for hydroxylation is 1. The van der Waals surface area contributed by atoms with Crippen molar-refractivity contribution in [3.8, 4) is 5.88 Å². The number of methoxy groups -OCH3 is 1. The summed E-state index contributed by atoms with van der Waals surface area (Å²) in [6, 6.07) is -0.918. The van der Waals surface area contributed by atoms with Crippen LogP contribution in [-0.2, 0) is 30.5 Å². The van der Waals surface area contributed by atoms with Crippen LogP contribution in [0.4, 0.5) is 5.69 Å². The van der Waals surface area contributed by atoms with Gasteiger partial charge in [0.05, 0.1) is 18.6 Å². The minimum Gasteiger partial charge on any atom is -0.477 e. The van der Waals surface area contributed by atoms with Crippen molar-refractivity contribution in [2.75, 3.05) is 19.5 Å². The van der Waals surface area contributed by atoms with Crippen molar-refractivity contribution in [3.05, 3.63) is 27.6 Å². The van der Waals surface area contributed by atoms with Crippen LogP contribution in [0.1, 0.15) is 13.3 Å². The van der Waals surface area contributed by atoms with Gasteiger partial charge >= 0.3 is 23.5 Å². The number of fused-ring (bicyclic) bond motifs is 1. The number of hydrogen-bond donors (Lipinski definition) is 2. The molecule has 0 aromatic carbocycles. The maximum atomic E-state index is 12.5. The van der Waals surface area contributed by atoms with E-state index in [0.717, 1.165) is 11.1 Å². The van der Waals surface area contributed by atoms with Crippen LogP contribution >= 0.6 is 11.8 Å². The molecule has 2 aliphatic heterocycles. The molecule has 1 fully saturated rings. The highest BCUT2D eigenvalue weighted by Gasteiger charge is 2.54. The quantitative estimate of drug-likeness (QED) is 0.205. The monoisotopic (exact) mass is 469 g/mol. The van der Waals surface area contributed by atoms with Crippen molar-refractivity contribution in [1.82, 2.24) is 20.0 Å². The molecule has 172 valence electrons. The summed E-state index contributed by atoms with van der Waals surface area (Å²) >= 11 is 1.24. The average molecular weight is 469 g/mol. The van der Waals surface area contributed by atoms with Crippen molar-refractivity contribution in [2.45, 2.75) is 31.3 Å². The van der Waals surface area contributed by atoms with Gasteiger partial charge in [0.25, 0.3) is 5.91 Å². The first-order valence-corrected chi connectivity index (χ1v) is 10.3. The molecule has 15 heteroatoms. The Hall–Kier alpha value is -3.62. The minimum absolute atomic E-state index is 0.00524. The van der Waals surface area contributed by atoms with E-state index in [1.165, 1.54) is 30.5 Å². The third-order valence-electron chi connectivity index (χ3n) is 4.68. The van der Waals surface area contributed by atoms with Gasteiger partial charge in [-0.25, -0.2) is 4.79 Å². The summed E-state index contributed by atoms with van der Waals surface area (Å²) in [5.41, 5.74) is -0.295. The summed E-state index contributed by atoms with van der Waals surface area (Å²) in [6.45, 7) is 0.958. The van der Waals surface area contributed by atoms with Crippen LogP contribution in [0.3, 0.4) is 0 Å². The lowest BCUT2D eigenvalue weighted by Gasteiger charge is -2.49. The third kappa shape index (κ3) is 4.51. The predicted octanol–water partition coefficient (Wildman–Crippen LogP) is -0.508. The van der Waals surface area contributed by atoms with E-state index in [4.69, 9.17) is 9.47 Å². The SMILES string of the molecule is COc1nn(CCC(=O)N[C@@H]2C(=O)N3C(C(=O)O)=C(COC(C)=O)CS[C@H]23)cc1[N+](=O)[O-]. The molecular formula is C17H19N5O9S. The first-order chi connectivity index (χ1) is 15.1. The van der Waals surface area contributed by atoms with Gasteiger partial charge in [0.1, 0.15) is 29.9 Å². The summed E-state index contributed by atoms with van der Waals surface area (Å²) in [6.07, 6.45) is 1.01. The van der Waals surface area contributed by atoms with Gasteiger partial charge in [0.15, 0.2) is 0 Å². The van der Waals surface area contributed by atoms with Crippen LogP contribution in [0, 0.1) is 10.1 Å². The number of carbonyl (C=O) groups excluding carboxylic acids is 3. The van der Waals surface area contributed by atoms with E-state index >= 15 is 0 Å². The molecule has 1 saturated heterocycles. The molecule has 0 radical (unpaired) electrons. The van der Waals surface area contributed by atoms with E-state index in [2.05, 4.69) is 10.4 Å². The molecule has 3 rings (SSSR count). The molecule has 2 aliphatic rings. The minimum atomic E-state index is -1.33. The van der Waals surface area contributed by atoms with Crippen molar-refractivity contribution in [3.63, 3.8) is 0 Å². The Morgan fingerprint density at radius 2 is 2.16 bits per heavy atom. The van der Waals surface area contributed by atoms with Gasteiger partial charge in [-0.1, -0.05) is 0 Å². The van der Waals surface area contributed by atoms with Gasteiger partial charge in [-0.2, -0.15) is 0 Å². The van der Waals surface area contributed by atoms with E-state index in [-0.39, 0.29) is 42.6 Å². The zero-order chi connectivity index (χ0) is 23.6. The average Bonchev–Trinajstić information content (AvgIpc) is 3.17. The van der Waals surface area contributed by atoms with Crippen molar-refractivity contribution in [2.24, 2.45) is 0 Å². The Morgan fingerprint density at radius 1 is 1.44 bits per heavy atom. The molecule has 2 atom stereocenters. The number of hydrogen-bond acceptors (Lipinski definition) is 10. The lowest BCUT2D eigenvalue weighted by Crippen LogP contribution is -2.70. The van der Waals surface area contributed by atoms with E-state index < -0.39 is 40.1 Å². The second kappa shape index (κ2) is 9.25. The van der Waals surface area contributed by atoms with Crippen molar-refractivity contribution < 1.29 is 38.7 Å². The predicted molar refractivity (Wildman–Crippen MR) is 106 cm³/mol. The molecule has 3 heterocycles. The lowest BCUT2D eigenvalue weighted by atomic mass is 10.0. The molecule has 32 heavy (non-hydrogen) atoms. The third-order valence-corrected chi connectivity index (χ3v) is 6.02. The number of aromatic nitrogens is 2. The topological polar surface area (TPSA) is 183 Å². The zero-order valence-electron chi connectivity index (χ0n) is 17.0. The molecular weight excluding hydrogens is 450 g/mol. The number of β-lactam (4-membered cyclic amide) rings is 1. The maximum Gasteiger partial charge on any atom is 0.352 e. The first kappa shape index (κ1) is 23.1. The van der Waals surface area contributed by atoms with Crippen LogP contribution < -0.4 is 10.1 Å². The second-order valence-corrected chi connectivity index (χ2v) is 7.89. The number of carboxylic acid groups (broad SMARTS) is 1. The van der Waals surface area contributed by atoms with Crippen molar-refractivity contribution in [1.29, 1.82) is 0 Å². The van der Waals surface area contributed by atoms with Gasteiger partial charge in [-0.3, -0.25) is 34.1 Å². The molecule has 0 spiro atoms. The number of carbonyl (C=O) groups is 4. The zero-order valence-corrected chi connectivity index (χ0v) is 17.8. The Labute approximate surface area is 184 Å². The molecule has 2 N–H and O–H groups in total. The van der Waals surface area contributed by atoms with Gasteiger partial charge in [-0.15, -0.1) is 16.9 Å². The highest BCUT2D eigenvalue weighted by Crippen LogP contribution is 2.40. The highest BCUT2D eigenvalue weighted by atomic mass is 32.2. The normalized spacial score (nSPS) is 19.7. The number of carboxylic acids is 1. The van der Waals surface area contributed by atoms with E-state index in [0.29, 0.717) is 5.57 Å². The molecule has 0 bridgehead atoms.